The fraction of sp³-hybridized carbons (Fsp3) is 0.538. The van der Waals surface area contributed by atoms with Gasteiger partial charge < -0.3 is 10.4 Å². The van der Waals surface area contributed by atoms with Gasteiger partial charge in [-0.1, -0.05) is 6.07 Å². The van der Waals surface area contributed by atoms with Gasteiger partial charge in [0.25, 0.3) is 0 Å². The van der Waals surface area contributed by atoms with Crippen LogP contribution in [-0.4, -0.2) is 22.7 Å². The van der Waals surface area contributed by atoms with Crippen LogP contribution in [0.1, 0.15) is 24.0 Å². The van der Waals surface area contributed by atoms with E-state index in [1.165, 1.54) is 24.3 Å². The van der Waals surface area contributed by atoms with Crippen molar-refractivity contribution in [1.29, 1.82) is 0 Å². The van der Waals surface area contributed by atoms with E-state index in [4.69, 9.17) is 0 Å². The predicted octanol–water partition coefficient (Wildman–Crippen LogP) is 3.32. The van der Waals surface area contributed by atoms with E-state index in [0.29, 0.717) is 11.8 Å². The third-order valence-electron chi connectivity index (χ3n) is 3.21. The van der Waals surface area contributed by atoms with Gasteiger partial charge in [0.1, 0.15) is 5.75 Å². The van der Waals surface area contributed by atoms with E-state index in [2.05, 4.69) is 11.4 Å². The minimum Gasteiger partial charge on any atom is -0.507 e. The van der Waals surface area contributed by atoms with Crippen LogP contribution < -0.4 is 5.32 Å². The minimum absolute atomic E-state index is 0.426. The lowest BCUT2D eigenvalue weighted by atomic mass is 10.1. The lowest BCUT2D eigenvalue weighted by molar-refractivity contribution is 0.467. The molecule has 0 atom stereocenters. The highest BCUT2D eigenvalue weighted by Gasteiger charge is 2.15. The van der Waals surface area contributed by atoms with Crippen molar-refractivity contribution in [3.8, 4) is 5.75 Å². The summed E-state index contributed by atoms with van der Waals surface area (Å²) in [5.41, 5.74) is 3.00. The van der Waals surface area contributed by atoms with Crippen molar-refractivity contribution in [2.75, 3.05) is 16.8 Å². The zero-order chi connectivity index (χ0) is 11.5. The van der Waals surface area contributed by atoms with Crippen LogP contribution in [0.15, 0.2) is 12.1 Å². The minimum atomic E-state index is 0.426. The first-order valence-corrected chi connectivity index (χ1v) is 6.97. The fourth-order valence-corrected chi connectivity index (χ4v) is 3.16. The molecule has 1 aliphatic heterocycles. The van der Waals surface area contributed by atoms with Crippen molar-refractivity contribution in [3.63, 3.8) is 0 Å². The van der Waals surface area contributed by atoms with Crippen molar-refractivity contribution >= 4 is 17.4 Å². The molecule has 0 unspecified atom stereocenters. The Kier molecular flexibility index (Phi) is 3.64. The van der Waals surface area contributed by atoms with Crippen molar-refractivity contribution in [2.24, 2.45) is 0 Å². The molecule has 0 aromatic heterocycles. The average Bonchev–Trinajstić information content (AvgIpc) is 2.31. The highest BCUT2D eigenvalue weighted by Crippen LogP contribution is 2.30. The fourth-order valence-electron chi connectivity index (χ4n) is 2.05. The van der Waals surface area contributed by atoms with Gasteiger partial charge in [-0.25, -0.2) is 0 Å². The maximum Gasteiger partial charge on any atom is 0.123 e. The monoisotopic (exact) mass is 237 g/mol. The van der Waals surface area contributed by atoms with E-state index >= 15 is 0 Å². The van der Waals surface area contributed by atoms with Gasteiger partial charge in [0.15, 0.2) is 0 Å². The van der Waals surface area contributed by atoms with Crippen LogP contribution in [0.4, 0.5) is 5.69 Å². The first kappa shape index (κ1) is 11.6. The van der Waals surface area contributed by atoms with Crippen molar-refractivity contribution in [1.82, 2.24) is 0 Å². The van der Waals surface area contributed by atoms with Crippen LogP contribution in [0.2, 0.25) is 0 Å². The second kappa shape index (κ2) is 5.00. The Morgan fingerprint density at radius 3 is 2.62 bits per heavy atom. The van der Waals surface area contributed by atoms with Gasteiger partial charge in [0, 0.05) is 17.3 Å². The summed E-state index contributed by atoms with van der Waals surface area (Å²) >= 11 is 2.03. The molecule has 88 valence electrons. The lowest BCUT2D eigenvalue weighted by Gasteiger charge is -2.25. The first-order valence-electron chi connectivity index (χ1n) is 5.82. The lowest BCUT2D eigenvalue weighted by Crippen LogP contribution is -2.24. The number of thioether (sulfide) groups is 1. The molecule has 1 aromatic rings. The highest BCUT2D eigenvalue weighted by molar-refractivity contribution is 7.99. The molecule has 2 N–H and O–H groups in total. The molecule has 0 saturated carbocycles. The Balaban J connectivity index is 2.11. The number of phenols is 1. The smallest absolute Gasteiger partial charge is 0.123 e. The van der Waals surface area contributed by atoms with E-state index < -0.39 is 0 Å². The van der Waals surface area contributed by atoms with Crippen LogP contribution in [0.25, 0.3) is 0 Å². The Morgan fingerprint density at radius 2 is 1.94 bits per heavy atom. The Hall–Kier alpha value is -0.830. The number of rotatable bonds is 2. The van der Waals surface area contributed by atoms with Gasteiger partial charge in [0.2, 0.25) is 0 Å². The average molecular weight is 237 g/mol. The number of benzene rings is 1. The molecule has 0 spiro atoms. The van der Waals surface area contributed by atoms with E-state index in [1.807, 2.05) is 31.7 Å². The maximum atomic E-state index is 9.87. The van der Waals surface area contributed by atoms with Crippen LogP contribution in [-0.2, 0) is 0 Å². The number of aryl methyl sites for hydroxylation is 1. The summed E-state index contributed by atoms with van der Waals surface area (Å²) < 4.78 is 0. The standard InChI is InChI=1S/C13H19NOS/c1-9-3-4-12(10(2)13(9)15)14-11-5-7-16-8-6-11/h3-4,11,14-15H,5-8H2,1-2H3. The summed E-state index contributed by atoms with van der Waals surface area (Å²) in [5.74, 6) is 2.92. The largest absolute Gasteiger partial charge is 0.507 e. The van der Waals surface area contributed by atoms with E-state index in [-0.39, 0.29) is 0 Å². The molecule has 2 rings (SSSR count). The topological polar surface area (TPSA) is 32.3 Å². The van der Waals surface area contributed by atoms with Gasteiger partial charge in [-0.15, -0.1) is 0 Å². The molecule has 0 aliphatic carbocycles. The highest BCUT2D eigenvalue weighted by atomic mass is 32.2. The summed E-state index contributed by atoms with van der Waals surface area (Å²) in [6.07, 6.45) is 2.44. The molecular weight excluding hydrogens is 218 g/mol. The first-order chi connectivity index (χ1) is 7.68. The van der Waals surface area contributed by atoms with Gasteiger partial charge in [0.05, 0.1) is 0 Å². The quantitative estimate of drug-likeness (QED) is 0.827. The van der Waals surface area contributed by atoms with Gasteiger partial charge >= 0.3 is 0 Å². The maximum absolute atomic E-state index is 9.87. The molecule has 0 amide bonds. The summed E-state index contributed by atoms with van der Waals surface area (Å²) in [6.45, 7) is 3.91. The Bertz CT molecular complexity index is 372. The number of hydrogen-bond donors (Lipinski definition) is 2. The molecular formula is C13H19NOS. The third kappa shape index (κ3) is 2.46. The Morgan fingerprint density at radius 1 is 1.25 bits per heavy atom. The summed E-state index contributed by atoms with van der Waals surface area (Å²) in [6, 6.07) is 4.62. The molecule has 0 bridgehead atoms. The predicted molar refractivity (Wildman–Crippen MR) is 71.6 cm³/mol. The zero-order valence-electron chi connectivity index (χ0n) is 9.92. The number of phenolic OH excluding ortho intramolecular Hbond substituents is 1. The summed E-state index contributed by atoms with van der Waals surface area (Å²) in [7, 11) is 0. The third-order valence-corrected chi connectivity index (χ3v) is 4.26. The summed E-state index contributed by atoms with van der Waals surface area (Å²) in [4.78, 5) is 0. The molecule has 3 heteroatoms. The van der Waals surface area contributed by atoms with Crippen molar-refractivity contribution in [3.05, 3.63) is 23.3 Å². The molecule has 1 heterocycles. The van der Waals surface area contributed by atoms with Gasteiger partial charge in [-0.2, -0.15) is 11.8 Å². The van der Waals surface area contributed by atoms with Crippen molar-refractivity contribution < 1.29 is 5.11 Å². The van der Waals surface area contributed by atoms with Crippen LogP contribution in [0, 0.1) is 13.8 Å². The number of anilines is 1. The van der Waals surface area contributed by atoms with Gasteiger partial charge in [-0.3, -0.25) is 0 Å². The molecule has 2 nitrogen and oxygen atoms in total. The number of nitrogens with one attached hydrogen (secondary N) is 1. The molecule has 1 aliphatic rings. The second-order valence-corrected chi connectivity index (χ2v) is 5.66. The van der Waals surface area contributed by atoms with Crippen LogP contribution >= 0.6 is 11.8 Å². The van der Waals surface area contributed by atoms with Crippen LogP contribution in [0.5, 0.6) is 5.75 Å². The van der Waals surface area contributed by atoms with Crippen LogP contribution in [0.3, 0.4) is 0 Å². The van der Waals surface area contributed by atoms with Crippen molar-refractivity contribution in [2.45, 2.75) is 32.7 Å². The summed E-state index contributed by atoms with van der Waals surface area (Å²) in [5, 5.41) is 13.4. The molecule has 0 radical (unpaired) electrons. The molecule has 16 heavy (non-hydrogen) atoms. The zero-order valence-corrected chi connectivity index (χ0v) is 10.7. The van der Waals surface area contributed by atoms with Gasteiger partial charge in [-0.05, 0) is 49.8 Å². The SMILES string of the molecule is Cc1ccc(NC2CCSCC2)c(C)c1O. The molecule has 1 saturated heterocycles. The second-order valence-electron chi connectivity index (χ2n) is 4.43. The van der Waals surface area contributed by atoms with E-state index in [1.54, 1.807) is 0 Å². The Labute approximate surface area is 101 Å². The number of hydrogen-bond acceptors (Lipinski definition) is 3. The normalized spacial score (nSPS) is 17.4. The van der Waals surface area contributed by atoms with E-state index in [9.17, 15) is 5.11 Å². The van der Waals surface area contributed by atoms with E-state index in [0.717, 1.165) is 16.8 Å². The molecule has 1 fully saturated rings. The number of aromatic hydroxyl groups is 1. The molecule has 1 aromatic carbocycles.